The Labute approximate surface area is 169 Å². The molecule has 3 aromatic rings. The van der Waals surface area contributed by atoms with Gasteiger partial charge in [0.15, 0.2) is 5.78 Å². The van der Waals surface area contributed by atoms with Gasteiger partial charge in [0.1, 0.15) is 18.1 Å². The summed E-state index contributed by atoms with van der Waals surface area (Å²) in [6.07, 6.45) is 6.62. The molecule has 0 unspecified atom stereocenters. The molecule has 0 bridgehead atoms. The van der Waals surface area contributed by atoms with Gasteiger partial charge in [0.05, 0.1) is 23.9 Å². The van der Waals surface area contributed by atoms with Crippen molar-refractivity contribution in [2.45, 2.75) is 20.1 Å². The number of benzene rings is 2. The van der Waals surface area contributed by atoms with Crippen LogP contribution in [0.2, 0.25) is 5.02 Å². The second-order valence-electron chi connectivity index (χ2n) is 6.07. The van der Waals surface area contributed by atoms with Crippen LogP contribution < -0.4 is 9.47 Å². The van der Waals surface area contributed by atoms with Gasteiger partial charge in [0.2, 0.25) is 0 Å². The Bertz CT molecular complexity index is 995. The molecule has 0 amide bonds. The van der Waals surface area contributed by atoms with Crippen LogP contribution in [-0.2, 0) is 13.2 Å². The van der Waals surface area contributed by atoms with E-state index < -0.39 is 0 Å². The van der Waals surface area contributed by atoms with E-state index in [9.17, 15) is 4.79 Å². The third-order valence-electron chi connectivity index (χ3n) is 4.19. The molecule has 3 rings (SSSR count). The molecule has 5 nitrogen and oxygen atoms in total. The van der Waals surface area contributed by atoms with Gasteiger partial charge in [0.25, 0.3) is 0 Å². The zero-order valence-corrected chi connectivity index (χ0v) is 16.5. The fourth-order valence-corrected chi connectivity index (χ4v) is 2.85. The summed E-state index contributed by atoms with van der Waals surface area (Å²) < 4.78 is 13.0. The first kappa shape index (κ1) is 19.7. The van der Waals surface area contributed by atoms with Crippen molar-refractivity contribution in [2.75, 3.05) is 7.11 Å². The van der Waals surface area contributed by atoms with Gasteiger partial charge in [-0.1, -0.05) is 35.9 Å². The van der Waals surface area contributed by atoms with Gasteiger partial charge in [-0.05, 0) is 42.8 Å². The molecule has 28 heavy (non-hydrogen) atoms. The molecule has 0 spiro atoms. The summed E-state index contributed by atoms with van der Waals surface area (Å²) in [6.45, 7) is 3.00. The molecule has 0 aliphatic heterocycles. The zero-order valence-electron chi connectivity index (χ0n) is 15.8. The van der Waals surface area contributed by atoms with Crippen LogP contribution in [-0.4, -0.2) is 22.7 Å². The lowest BCUT2D eigenvalue weighted by atomic mass is 10.1. The number of methoxy groups -OCH3 is 1. The molecular weight excluding hydrogens is 376 g/mol. The number of carbonyl (C=O) groups excluding carboxylic acids is 1. The van der Waals surface area contributed by atoms with E-state index in [1.165, 1.54) is 6.08 Å². The van der Waals surface area contributed by atoms with E-state index in [1.807, 2.05) is 43.3 Å². The Morgan fingerprint density at radius 2 is 2.04 bits per heavy atom. The summed E-state index contributed by atoms with van der Waals surface area (Å²) in [7, 11) is 1.61. The van der Waals surface area contributed by atoms with Crippen LogP contribution in [0.3, 0.4) is 0 Å². The van der Waals surface area contributed by atoms with Crippen LogP contribution in [0.15, 0.2) is 60.9 Å². The van der Waals surface area contributed by atoms with Gasteiger partial charge in [-0.3, -0.25) is 9.48 Å². The average molecular weight is 397 g/mol. The first-order valence-electron chi connectivity index (χ1n) is 8.89. The van der Waals surface area contributed by atoms with Crippen molar-refractivity contribution in [1.82, 2.24) is 9.78 Å². The van der Waals surface area contributed by atoms with Crippen molar-refractivity contribution in [2.24, 2.45) is 0 Å². The minimum atomic E-state index is -0.0932. The summed E-state index contributed by atoms with van der Waals surface area (Å²) in [4.78, 5) is 12.3. The molecule has 6 heteroatoms. The second-order valence-corrected chi connectivity index (χ2v) is 6.48. The lowest BCUT2D eigenvalue weighted by Gasteiger charge is -2.12. The molecule has 0 N–H and O–H groups in total. The van der Waals surface area contributed by atoms with E-state index in [4.69, 9.17) is 21.1 Å². The number of ketones is 1. The fraction of sp³-hybridized carbons (Fsp3) is 0.182. The molecule has 2 aromatic carbocycles. The number of allylic oxidation sites excluding steroid dienone is 1. The van der Waals surface area contributed by atoms with E-state index in [2.05, 4.69) is 5.10 Å². The predicted molar refractivity (Wildman–Crippen MR) is 110 cm³/mol. The number of aryl methyl sites for hydroxylation is 1. The average Bonchev–Trinajstić information content (AvgIpc) is 3.21. The van der Waals surface area contributed by atoms with Gasteiger partial charge in [-0.25, -0.2) is 0 Å². The van der Waals surface area contributed by atoms with Crippen molar-refractivity contribution in [3.05, 3.63) is 82.6 Å². The van der Waals surface area contributed by atoms with Gasteiger partial charge < -0.3 is 9.47 Å². The third-order valence-corrected chi connectivity index (χ3v) is 4.51. The fourth-order valence-electron chi connectivity index (χ4n) is 2.66. The smallest absolute Gasteiger partial charge is 0.189 e. The lowest BCUT2D eigenvalue weighted by molar-refractivity contribution is 0.104. The van der Waals surface area contributed by atoms with E-state index in [0.717, 1.165) is 17.7 Å². The van der Waals surface area contributed by atoms with Crippen LogP contribution in [0.5, 0.6) is 11.5 Å². The number of carbonyl (C=O) groups is 1. The molecule has 0 aliphatic rings. The van der Waals surface area contributed by atoms with E-state index >= 15 is 0 Å². The largest absolute Gasteiger partial charge is 0.496 e. The SMILES string of the molecule is CCn1cc(C(=O)/C=C/c2ccc(OC)c(COc3ccccc3Cl)c2)cn1. The Morgan fingerprint density at radius 3 is 2.75 bits per heavy atom. The molecule has 0 atom stereocenters. The minimum absolute atomic E-state index is 0.0932. The number of rotatable bonds is 8. The van der Waals surface area contributed by atoms with Crippen molar-refractivity contribution in [1.29, 1.82) is 0 Å². The van der Waals surface area contributed by atoms with Crippen molar-refractivity contribution >= 4 is 23.5 Å². The Balaban J connectivity index is 1.74. The summed E-state index contributed by atoms with van der Waals surface area (Å²) in [6, 6.07) is 13.0. The number of hydrogen-bond acceptors (Lipinski definition) is 4. The normalized spacial score (nSPS) is 11.0. The third kappa shape index (κ3) is 4.81. The number of para-hydroxylation sites is 1. The first-order valence-corrected chi connectivity index (χ1v) is 9.27. The first-order chi connectivity index (χ1) is 13.6. The summed E-state index contributed by atoms with van der Waals surface area (Å²) in [5.74, 6) is 1.22. The van der Waals surface area contributed by atoms with Crippen molar-refractivity contribution in [3.63, 3.8) is 0 Å². The number of halogens is 1. The minimum Gasteiger partial charge on any atom is -0.496 e. The van der Waals surface area contributed by atoms with Crippen LogP contribution in [0, 0.1) is 0 Å². The van der Waals surface area contributed by atoms with Crippen LogP contribution in [0.1, 0.15) is 28.4 Å². The van der Waals surface area contributed by atoms with Gasteiger partial charge >= 0.3 is 0 Å². The molecular formula is C22H21ClN2O3. The molecule has 1 heterocycles. The maximum absolute atomic E-state index is 12.3. The molecule has 0 radical (unpaired) electrons. The van der Waals surface area contributed by atoms with Gasteiger partial charge in [-0.2, -0.15) is 5.10 Å². The number of ether oxygens (including phenoxy) is 2. The number of hydrogen-bond donors (Lipinski definition) is 0. The zero-order chi connectivity index (χ0) is 19.9. The maximum Gasteiger partial charge on any atom is 0.189 e. The Hall–Kier alpha value is -3.05. The highest BCUT2D eigenvalue weighted by Gasteiger charge is 2.08. The number of aromatic nitrogens is 2. The van der Waals surface area contributed by atoms with E-state index in [-0.39, 0.29) is 5.78 Å². The maximum atomic E-state index is 12.3. The van der Waals surface area contributed by atoms with Crippen molar-refractivity contribution < 1.29 is 14.3 Å². The van der Waals surface area contributed by atoms with E-state index in [1.54, 1.807) is 36.3 Å². The lowest BCUT2D eigenvalue weighted by Crippen LogP contribution is -2.00. The molecule has 1 aromatic heterocycles. The second kappa shape index (κ2) is 9.24. The molecule has 0 aliphatic carbocycles. The Kier molecular flexibility index (Phi) is 6.50. The van der Waals surface area contributed by atoms with Crippen LogP contribution >= 0.6 is 11.6 Å². The van der Waals surface area contributed by atoms with Crippen LogP contribution in [0.4, 0.5) is 0 Å². The molecule has 144 valence electrons. The molecule has 0 saturated carbocycles. The van der Waals surface area contributed by atoms with Crippen molar-refractivity contribution in [3.8, 4) is 11.5 Å². The molecule has 0 saturated heterocycles. The number of nitrogens with zero attached hydrogens (tertiary/aromatic N) is 2. The van der Waals surface area contributed by atoms with E-state index in [0.29, 0.717) is 28.7 Å². The highest BCUT2D eigenvalue weighted by atomic mass is 35.5. The topological polar surface area (TPSA) is 53.4 Å². The summed E-state index contributed by atoms with van der Waals surface area (Å²) in [5, 5.41) is 4.68. The van der Waals surface area contributed by atoms with Gasteiger partial charge in [0, 0.05) is 18.3 Å². The molecule has 0 fully saturated rings. The highest BCUT2D eigenvalue weighted by Crippen LogP contribution is 2.27. The summed E-state index contributed by atoms with van der Waals surface area (Å²) in [5.41, 5.74) is 2.29. The predicted octanol–water partition coefficient (Wildman–Crippen LogP) is 5.04. The van der Waals surface area contributed by atoms with Gasteiger partial charge in [-0.15, -0.1) is 0 Å². The Morgan fingerprint density at radius 1 is 1.21 bits per heavy atom. The summed E-state index contributed by atoms with van der Waals surface area (Å²) >= 11 is 6.14. The standard InChI is InChI=1S/C22H21ClN2O3/c1-3-25-14-18(13-24-25)20(26)10-8-16-9-11-21(27-2)17(12-16)15-28-22-7-5-4-6-19(22)23/h4-14H,3,15H2,1-2H3/b10-8+. The quantitative estimate of drug-likeness (QED) is 0.395. The van der Waals surface area contributed by atoms with Crippen LogP contribution in [0.25, 0.3) is 6.08 Å². The highest BCUT2D eigenvalue weighted by molar-refractivity contribution is 6.32. The monoisotopic (exact) mass is 396 g/mol.